The van der Waals surface area contributed by atoms with Crippen LogP contribution in [0.3, 0.4) is 0 Å². The van der Waals surface area contributed by atoms with E-state index in [1.807, 2.05) is 0 Å². The molecule has 3 amide bonds. The minimum absolute atomic E-state index is 0. The molecule has 0 heterocycles. The molecule has 3 aromatic carbocycles. The van der Waals surface area contributed by atoms with E-state index in [-0.39, 0.29) is 56.0 Å². The number of aromatic hydroxyl groups is 3. The Morgan fingerprint density at radius 2 is 0.607 bits per heavy atom. The maximum Gasteiger partial charge on any atom is 0.408 e. The van der Waals surface area contributed by atoms with Gasteiger partial charge in [-0.25, -0.2) is 28.8 Å². The Labute approximate surface area is 367 Å². The summed E-state index contributed by atoms with van der Waals surface area (Å²) < 4.78 is 15.1. The van der Waals surface area contributed by atoms with E-state index in [1.165, 1.54) is 36.4 Å². The van der Waals surface area contributed by atoms with Gasteiger partial charge in [0.2, 0.25) is 0 Å². The molecule has 338 valence electrons. The molecule has 61 heavy (non-hydrogen) atoms. The standard InChI is InChI=1S/3C14H19NO5.Ru/c3*1-14(2,3)20-13(19)15-11(12(17)18)8-9-4-6-10(16)7-5-9;/h3*4-7,11,16H,8H2,1-3H3,(H,15,19)(H,17,18);/t3*11-;/m000./s1. The number of amides is 3. The first-order valence-corrected chi connectivity index (χ1v) is 18.5. The number of alkyl carbamates (subject to hydrolysis) is 3. The molecule has 0 bridgehead atoms. The summed E-state index contributed by atoms with van der Waals surface area (Å²) >= 11 is 0. The van der Waals surface area contributed by atoms with Crippen LogP contribution in [0.25, 0.3) is 0 Å². The maximum atomic E-state index is 11.6. The third kappa shape index (κ3) is 25.9. The molecular weight excluding hydrogens is 888 g/mol. The average molecular weight is 945 g/mol. The molecule has 0 aliphatic heterocycles. The topological polar surface area (TPSA) is 288 Å². The van der Waals surface area contributed by atoms with Crippen molar-refractivity contribution in [1.82, 2.24) is 16.0 Å². The number of phenols is 3. The zero-order chi connectivity index (χ0) is 46.0. The molecule has 0 unspecified atom stereocenters. The van der Waals surface area contributed by atoms with E-state index in [9.17, 15) is 28.8 Å². The summed E-state index contributed by atoms with van der Waals surface area (Å²) in [7, 11) is 0. The SMILES string of the molecule is CC(C)(C)OC(=O)N[C@@H](Cc1ccc(O)cc1)C(=O)O.CC(C)(C)OC(=O)N[C@@H](Cc1ccc(O)cc1)C(=O)O.CC(C)(C)OC(=O)N[C@@H](Cc1ccc(O)cc1)C(=O)O.[Ru]. The Morgan fingerprint density at radius 3 is 0.754 bits per heavy atom. The predicted octanol–water partition coefficient (Wildman–Crippen LogP) is 5.74. The predicted molar refractivity (Wildman–Crippen MR) is 218 cm³/mol. The third-order valence-corrected chi connectivity index (χ3v) is 7.10. The fourth-order valence-corrected chi connectivity index (χ4v) is 4.55. The minimum Gasteiger partial charge on any atom is -0.508 e. The van der Waals surface area contributed by atoms with Crippen molar-refractivity contribution < 1.29 is 93.1 Å². The molecule has 3 atom stereocenters. The smallest absolute Gasteiger partial charge is 0.408 e. The van der Waals surface area contributed by atoms with Crippen LogP contribution in [0.4, 0.5) is 14.4 Å². The largest absolute Gasteiger partial charge is 0.508 e. The Bertz CT molecular complexity index is 1650. The number of hydrogen-bond donors (Lipinski definition) is 9. The van der Waals surface area contributed by atoms with Crippen molar-refractivity contribution in [3.05, 3.63) is 89.5 Å². The van der Waals surface area contributed by atoms with Crippen molar-refractivity contribution in [2.75, 3.05) is 0 Å². The first kappa shape index (κ1) is 54.9. The number of carbonyl (C=O) groups excluding carboxylic acids is 3. The number of carbonyl (C=O) groups is 6. The van der Waals surface area contributed by atoms with Crippen molar-refractivity contribution in [3.63, 3.8) is 0 Å². The van der Waals surface area contributed by atoms with Crippen molar-refractivity contribution in [3.8, 4) is 17.2 Å². The second-order valence-corrected chi connectivity index (χ2v) is 16.2. The van der Waals surface area contributed by atoms with Gasteiger partial charge in [0, 0.05) is 38.7 Å². The molecule has 0 aliphatic rings. The number of benzene rings is 3. The van der Waals surface area contributed by atoms with Crippen LogP contribution in [0, 0.1) is 0 Å². The number of carboxylic acid groups (broad SMARTS) is 3. The number of aliphatic carboxylic acids is 3. The number of carboxylic acids is 3. The van der Waals surface area contributed by atoms with Crippen LogP contribution in [0.15, 0.2) is 72.8 Å². The van der Waals surface area contributed by atoms with Crippen LogP contribution in [-0.2, 0) is 67.3 Å². The minimum atomic E-state index is -1.15. The molecule has 0 fully saturated rings. The van der Waals surface area contributed by atoms with Crippen LogP contribution in [-0.4, -0.2) is 102 Å². The van der Waals surface area contributed by atoms with E-state index >= 15 is 0 Å². The Morgan fingerprint density at radius 1 is 0.426 bits per heavy atom. The van der Waals surface area contributed by atoms with Gasteiger partial charge in [-0.3, -0.25) is 0 Å². The summed E-state index contributed by atoms with van der Waals surface area (Å²) in [5.74, 6) is -3.15. The molecular formula is C42H57N3O15Ru. The number of phenolic OH excluding ortho intramolecular Hbond substituents is 3. The first-order valence-electron chi connectivity index (χ1n) is 18.5. The van der Waals surface area contributed by atoms with E-state index in [2.05, 4.69) is 16.0 Å². The molecule has 0 radical (unpaired) electrons. The van der Waals surface area contributed by atoms with E-state index in [0.717, 1.165) is 0 Å². The Balaban J connectivity index is 0.000000878. The van der Waals surface area contributed by atoms with Gasteiger partial charge in [0.1, 0.15) is 52.2 Å². The molecule has 18 nitrogen and oxygen atoms in total. The van der Waals surface area contributed by atoms with Crippen molar-refractivity contribution in [1.29, 1.82) is 0 Å². The maximum absolute atomic E-state index is 11.6. The number of hydrogen-bond acceptors (Lipinski definition) is 12. The van der Waals surface area contributed by atoms with Gasteiger partial charge in [-0.2, -0.15) is 0 Å². The molecule has 0 aliphatic carbocycles. The molecule has 9 N–H and O–H groups in total. The summed E-state index contributed by atoms with van der Waals surface area (Å²) in [6, 6.07) is 15.1. The quantitative estimate of drug-likeness (QED) is 0.0774. The second-order valence-electron chi connectivity index (χ2n) is 16.2. The Hall–Kier alpha value is -6.10. The van der Waals surface area contributed by atoms with Gasteiger partial charge in [0.25, 0.3) is 0 Å². The molecule has 0 spiro atoms. The van der Waals surface area contributed by atoms with Crippen LogP contribution >= 0.6 is 0 Å². The van der Waals surface area contributed by atoms with Crippen molar-refractivity contribution >= 4 is 36.2 Å². The van der Waals surface area contributed by atoms with Gasteiger partial charge in [-0.05, 0) is 115 Å². The molecule has 3 rings (SSSR count). The zero-order valence-corrected chi connectivity index (χ0v) is 37.2. The number of rotatable bonds is 12. The fourth-order valence-electron chi connectivity index (χ4n) is 4.55. The first-order chi connectivity index (χ1) is 27.5. The second kappa shape index (κ2) is 24.9. The van der Waals surface area contributed by atoms with E-state index in [4.69, 9.17) is 44.8 Å². The van der Waals surface area contributed by atoms with Gasteiger partial charge in [-0.1, -0.05) is 36.4 Å². The average Bonchev–Trinajstić information content (AvgIpc) is 3.08. The monoisotopic (exact) mass is 945 g/mol. The van der Waals surface area contributed by atoms with E-state index in [0.29, 0.717) is 16.7 Å². The van der Waals surface area contributed by atoms with Crippen LogP contribution < -0.4 is 16.0 Å². The van der Waals surface area contributed by atoms with Crippen molar-refractivity contribution in [2.45, 2.75) is 117 Å². The van der Waals surface area contributed by atoms with Crippen LogP contribution in [0.5, 0.6) is 17.2 Å². The van der Waals surface area contributed by atoms with Crippen LogP contribution in [0.2, 0.25) is 0 Å². The molecule has 19 heteroatoms. The summed E-state index contributed by atoms with van der Waals surface area (Å²) in [5, 5.41) is 61.8. The summed E-state index contributed by atoms with van der Waals surface area (Å²) in [6.07, 6.45) is -2.01. The van der Waals surface area contributed by atoms with Gasteiger partial charge in [-0.15, -0.1) is 0 Å². The zero-order valence-electron chi connectivity index (χ0n) is 35.5. The summed E-state index contributed by atoms with van der Waals surface area (Å²) in [4.78, 5) is 68.2. The van der Waals surface area contributed by atoms with Gasteiger partial charge >= 0.3 is 36.2 Å². The molecule has 0 saturated heterocycles. The molecule has 0 aromatic heterocycles. The number of ether oxygens (including phenoxy) is 3. The third-order valence-electron chi connectivity index (χ3n) is 7.10. The molecule has 0 saturated carbocycles. The normalized spacial score (nSPS) is 12.3. The fraction of sp³-hybridized carbons (Fsp3) is 0.429. The van der Waals surface area contributed by atoms with Gasteiger partial charge in [0.05, 0.1) is 0 Å². The van der Waals surface area contributed by atoms with Gasteiger partial charge < -0.3 is 60.8 Å². The summed E-state index contributed by atoms with van der Waals surface area (Å²) in [5.41, 5.74) is -0.00740. The molecule has 3 aromatic rings. The van der Waals surface area contributed by atoms with Gasteiger partial charge in [0.15, 0.2) is 0 Å². The van der Waals surface area contributed by atoms with Crippen LogP contribution in [0.1, 0.15) is 79.0 Å². The van der Waals surface area contributed by atoms with Crippen molar-refractivity contribution in [2.24, 2.45) is 0 Å². The Kier molecular flexibility index (Phi) is 22.4. The van der Waals surface area contributed by atoms with E-state index in [1.54, 1.807) is 98.7 Å². The summed E-state index contributed by atoms with van der Waals surface area (Å²) in [6.45, 7) is 15.3. The number of nitrogens with one attached hydrogen (secondary N) is 3. The van der Waals surface area contributed by atoms with E-state index < -0.39 is 71.1 Å².